The molecule has 5 heteroatoms. The molecule has 0 aliphatic rings. The molecule has 0 saturated carbocycles. The van der Waals surface area contributed by atoms with Gasteiger partial charge in [0.25, 0.3) is 0 Å². The number of nitrogens with one attached hydrogen (secondary N) is 1. The molecule has 1 aromatic heterocycles. The Morgan fingerprint density at radius 2 is 2.19 bits per heavy atom. The van der Waals surface area contributed by atoms with Crippen molar-refractivity contribution in [1.29, 1.82) is 0 Å². The zero-order valence-corrected chi connectivity index (χ0v) is 10.3. The Morgan fingerprint density at radius 1 is 1.50 bits per heavy atom. The van der Waals surface area contributed by atoms with Crippen molar-refractivity contribution in [2.45, 2.75) is 32.4 Å². The van der Waals surface area contributed by atoms with Crippen LogP contribution in [0.4, 0.5) is 0 Å². The number of hydrogen-bond donors (Lipinski definition) is 3. The van der Waals surface area contributed by atoms with E-state index >= 15 is 0 Å². The minimum atomic E-state index is -0.883. The molecule has 0 aromatic carbocycles. The number of thiophene rings is 1. The second-order valence-corrected chi connectivity index (χ2v) is 5.45. The van der Waals surface area contributed by atoms with Gasteiger partial charge < -0.3 is 15.5 Å². The number of carboxylic acids is 1. The van der Waals surface area contributed by atoms with E-state index in [4.69, 9.17) is 10.2 Å². The molecular weight excluding hydrogens is 226 g/mol. The fraction of sp³-hybridized carbons (Fsp3) is 0.545. The van der Waals surface area contributed by atoms with Gasteiger partial charge in [0.05, 0.1) is 0 Å². The van der Waals surface area contributed by atoms with Gasteiger partial charge in [-0.1, -0.05) is 0 Å². The van der Waals surface area contributed by atoms with Crippen LogP contribution >= 0.6 is 11.3 Å². The third kappa shape index (κ3) is 3.92. The minimum absolute atomic E-state index is 0.137. The summed E-state index contributed by atoms with van der Waals surface area (Å²) in [5.41, 5.74) is -0.137. The van der Waals surface area contributed by atoms with Crippen molar-refractivity contribution in [3.8, 4) is 0 Å². The monoisotopic (exact) mass is 243 g/mol. The zero-order chi connectivity index (χ0) is 12.2. The number of aliphatic hydroxyl groups is 1. The predicted molar refractivity (Wildman–Crippen MR) is 63.9 cm³/mol. The Kier molecular flexibility index (Phi) is 4.46. The molecular formula is C11H17NO3S. The second kappa shape index (κ2) is 5.43. The predicted octanol–water partition coefficient (Wildman–Crippen LogP) is 1.70. The first kappa shape index (κ1) is 13.2. The van der Waals surface area contributed by atoms with Crippen molar-refractivity contribution >= 4 is 17.3 Å². The lowest BCUT2D eigenvalue weighted by molar-refractivity contribution is 0.0702. The topological polar surface area (TPSA) is 69.6 Å². The quantitative estimate of drug-likeness (QED) is 0.711. The van der Waals surface area contributed by atoms with E-state index < -0.39 is 5.97 Å². The molecule has 4 nitrogen and oxygen atoms in total. The average Bonchev–Trinajstić information content (AvgIpc) is 2.63. The fourth-order valence-electron chi connectivity index (χ4n) is 1.28. The highest BCUT2D eigenvalue weighted by molar-refractivity contribution is 7.13. The molecule has 1 heterocycles. The summed E-state index contributed by atoms with van der Waals surface area (Å²) in [6, 6.07) is 3.43. The maximum Gasteiger partial charge on any atom is 0.345 e. The van der Waals surface area contributed by atoms with E-state index in [2.05, 4.69) is 5.32 Å². The molecule has 90 valence electrons. The van der Waals surface area contributed by atoms with Crippen molar-refractivity contribution in [3.63, 3.8) is 0 Å². The first-order valence-corrected chi connectivity index (χ1v) is 5.94. The van der Waals surface area contributed by atoms with Crippen molar-refractivity contribution in [2.75, 3.05) is 6.61 Å². The molecule has 0 unspecified atom stereocenters. The highest BCUT2D eigenvalue weighted by Gasteiger charge is 2.16. The van der Waals surface area contributed by atoms with Gasteiger partial charge in [-0.05, 0) is 32.4 Å². The Morgan fingerprint density at radius 3 is 2.69 bits per heavy atom. The molecule has 0 bridgehead atoms. The molecule has 3 N–H and O–H groups in total. The van der Waals surface area contributed by atoms with Gasteiger partial charge in [-0.2, -0.15) is 0 Å². The molecule has 16 heavy (non-hydrogen) atoms. The highest BCUT2D eigenvalue weighted by atomic mass is 32.1. The van der Waals surface area contributed by atoms with E-state index in [9.17, 15) is 4.79 Å². The first-order chi connectivity index (χ1) is 7.44. The van der Waals surface area contributed by atoms with Gasteiger partial charge in [-0.15, -0.1) is 11.3 Å². The van der Waals surface area contributed by atoms with Crippen molar-refractivity contribution < 1.29 is 15.0 Å². The van der Waals surface area contributed by atoms with E-state index in [0.29, 0.717) is 17.8 Å². The molecule has 0 amide bonds. The van der Waals surface area contributed by atoms with Crippen molar-refractivity contribution in [1.82, 2.24) is 5.32 Å². The molecule has 0 spiro atoms. The number of aliphatic hydroxyl groups excluding tert-OH is 1. The number of carbonyl (C=O) groups is 1. The molecule has 0 radical (unpaired) electrons. The Bertz CT molecular complexity index is 360. The third-order valence-electron chi connectivity index (χ3n) is 2.35. The van der Waals surface area contributed by atoms with Gasteiger partial charge in [0, 0.05) is 23.6 Å². The van der Waals surface area contributed by atoms with Gasteiger partial charge >= 0.3 is 5.97 Å². The van der Waals surface area contributed by atoms with Crippen LogP contribution in [0.3, 0.4) is 0 Å². The van der Waals surface area contributed by atoms with E-state index in [-0.39, 0.29) is 12.1 Å². The van der Waals surface area contributed by atoms with Crippen LogP contribution in [0.25, 0.3) is 0 Å². The highest BCUT2D eigenvalue weighted by Crippen LogP contribution is 2.17. The van der Waals surface area contributed by atoms with Crippen molar-refractivity contribution in [3.05, 3.63) is 21.9 Å². The van der Waals surface area contributed by atoms with Crippen LogP contribution in [-0.4, -0.2) is 28.3 Å². The van der Waals surface area contributed by atoms with E-state index in [0.717, 1.165) is 4.88 Å². The number of hydrogen-bond acceptors (Lipinski definition) is 4. The van der Waals surface area contributed by atoms with Crippen LogP contribution in [0, 0.1) is 0 Å². The lowest BCUT2D eigenvalue weighted by Gasteiger charge is -2.25. The third-order valence-corrected chi connectivity index (χ3v) is 3.42. The second-order valence-electron chi connectivity index (χ2n) is 4.28. The molecule has 1 aromatic rings. The summed E-state index contributed by atoms with van der Waals surface area (Å²) in [4.78, 5) is 12.0. The summed E-state index contributed by atoms with van der Waals surface area (Å²) in [7, 11) is 0. The summed E-state index contributed by atoms with van der Waals surface area (Å²) in [6.07, 6.45) is 0.671. The summed E-state index contributed by atoms with van der Waals surface area (Å²) < 4.78 is 0. The molecule has 0 atom stereocenters. The largest absolute Gasteiger partial charge is 0.477 e. The average molecular weight is 243 g/mol. The van der Waals surface area contributed by atoms with Gasteiger partial charge in [-0.3, -0.25) is 0 Å². The maximum absolute atomic E-state index is 10.7. The first-order valence-electron chi connectivity index (χ1n) is 5.12. The van der Waals surface area contributed by atoms with E-state index in [1.807, 2.05) is 19.9 Å². The number of carboxylic acid groups (broad SMARTS) is 1. The van der Waals surface area contributed by atoms with Crippen LogP contribution < -0.4 is 5.32 Å². The molecule has 0 aliphatic carbocycles. The van der Waals surface area contributed by atoms with Gasteiger partial charge in [0.1, 0.15) is 4.88 Å². The molecule has 1 rings (SSSR count). The number of aromatic carboxylic acids is 1. The van der Waals surface area contributed by atoms with Gasteiger partial charge in [0.2, 0.25) is 0 Å². The standard InChI is InChI=1S/C11H17NO3S/c1-11(2,5-6-13)12-7-8-3-4-9(16-8)10(14)15/h3-4,12-13H,5-7H2,1-2H3,(H,14,15). The smallest absolute Gasteiger partial charge is 0.345 e. The van der Waals surface area contributed by atoms with Crippen LogP contribution in [0.5, 0.6) is 0 Å². The van der Waals surface area contributed by atoms with E-state index in [1.54, 1.807) is 6.07 Å². The Labute approximate surface area is 98.9 Å². The molecule has 0 aliphatic heterocycles. The zero-order valence-electron chi connectivity index (χ0n) is 9.49. The van der Waals surface area contributed by atoms with Crippen LogP contribution in [-0.2, 0) is 6.54 Å². The Hall–Kier alpha value is -0.910. The molecule has 0 fully saturated rings. The van der Waals surface area contributed by atoms with Crippen LogP contribution in [0.2, 0.25) is 0 Å². The van der Waals surface area contributed by atoms with E-state index in [1.165, 1.54) is 11.3 Å². The summed E-state index contributed by atoms with van der Waals surface area (Å²) in [6.45, 7) is 4.79. The summed E-state index contributed by atoms with van der Waals surface area (Å²) in [5, 5.41) is 20.9. The number of rotatable bonds is 6. The minimum Gasteiger partial charge on any atom is -0.477 e. The summed E-state index contributed by atoms with van der Waals surface area (Å²) >= 11 is 1.28. The maximum atomic E-state index is 10.7. The Balaban J connectivity index is 2.51. The molecule has 0 saturated heterocycles. The van der Waals surface area contributed by atoms with Crippen LogP contribution in [0.15, 0.2) is 12.1 Å². The lowest BCUT2D eigenvalue weighted by atomic mass is 10.0. The van der Waals surface area contributed by atoms with Gasteiger partial charge in [0.15, 0.2) is 0 Å². The van der Waals surface area contributed by atoms with Gasteiger partial charge in [-0.25, -0.2) is 4.79 Å². The normalized spacial score (nSPS) is 11.7. The van der Waals surface area contributed by atoms with Crippen LogP contribution in [0.1, 0.15) is 34.8 Å². The SMILES string of the molecule is CC(C)(CCO)NCc1ccc(C(=O)O)s1. The lowest BCUT2D eigenvalue weighted by Crippen LogP contribution is -2.39. The summed E-state index contributed by atoms with van der Waals surface area (Å²) in [5.74, 6) is -0.883. The fourth-order valence-corrected chi connectivity index (χ4v) is 2.07. The van der Waals surface area contributed by atoms with Crippen molar-refractivity contribution in [2.24, 2.45) is 0 Å².